The van der Waals surface area contributed by atoms with Crippen molar-refractivity contribution >= 4 is 41.5 Å². The number of hydrogen-bond donors (Lipinski definition) is 1. The van der Waals surface area contributed by atoms with Crippen molar-refractivity contribution in [1.82, 2.24) is 10.2 Å². The molecule has 24 heavy (non-hydrogen) atoms. The van der Waals surface area contributed by atoms with Gasteiger partial charge in [-0.1, -0.05) is 17.7 Å². The number of guanidine groups is 1. The summed E-state index contributed by atoms with van der Waals surface area (Å²) in [7, 11) is 5.23. The molecular formula is C17H27ClIN3O2. The molecule has 0 bridgehead atoms. The van der Waals surface area contributed by atoms with Gasteiger partial charge in [-0.15, -0.1) is 24.0 Å². The summed E-state index contributed by atoms with van der Waals surface area (Å²) >= 11 is 6.28. The van der Waals surface area contributed by atoms with Gasteiger partial charge in [0.05, 0.1) is 13.7 Å². The first-order valence-electron chi connectivity index (χ1n) is 7.95. The van der Waals surface area contributed by atoms with E-state index in [0.29, 0.717) is 5.92 Å². The van der Waals surface area contributed by atoms with Crippen molar-refractivity contribution < 1.29 is 9.47 Å². The minimum absolute atomic E-state index is 0. The number of methoxy groups -OCH3 is 2. The van der Waals surface area contributed by atoms with Crippen LogP contribution in [0.3, 0.4) is 0 Å². The van der Waals surface area contributed by atoms with Crippen molar-refractivity contribution in [3.05, 3.63) is 28.8 Å². The number of nitrogens with one attached hydrogen (secondary N) is 1. The molecule has 1 unspecified atom stereocenters. The fourth-order valence-corrected chi connectivity index (χ4v) is 3.16. The van der Waals surface area contributed by atoms with Gasteiger partial charge >= 0.3 is 0 Å². The minimum Gasteiger partial charge on any atom is -0.497 e. The summed E-state index contributed by atoms with van der Waals surface area (Å²) in [6.07, 6.45) is 2.00. The molecule has 136 valence electrons. The predicted molar refractivity (Wildman–Crippen MR) is 110 cm³/mol. The number of halogens is 2. The summed E-state index contributed by atoms with van der Waals surface area (Å²) in [4.78, 5) is 6.67. The summed E-state index contributed by atoms with van der Waals surface area (Å²) in [5.41, 5.74) is 1.11. The molecule has 0 amide bonds. The number of benzene rings is 1. The second kappa shape index (κ2) is 11.0. The van der Waals surface area contributed by atoms with E-state index in [4.69, 9.17) is 21.1 Å². The molecule has 5 nitrogen and oxygen atoms in total. The number of nitrogens with zero attached hydrogens (tertiary/aromatic N) is 2. The molecule has 1 N–H and O–H groups in total. The Morgan fingerprint density at radius 3 is 2.83 bits per heavy atom. The van der Waals surface area contributed by atoms with Crippen molar-refractivity contribution in [2.24, 2.45) is 10.9 Å². The van der Waals surface area contributed by atoms with Gasteiger partial charge in [0, 0.05) is 44.7 Å². The minimum atomic E-state index is 0. The lowest BCUT2D eigenvalue weighted by molar-refractivity contribution is 0.157. The maximum Gasteiger partial charge on any atom is 0.193 e. The largest absolute Gasteiger partial charge is 0.497 e. The number of aliphatic imine (C=N–C) groups is 1. The Kier molecular flexibility index (Phi) is 9.76. The first-order chi connectivity index (χ1) is 11.2. The van der Waals surface area contributed by atoms with Crippen LogP contribution in [-0.2, 0) is 11.2 Å². The molecule has 1 aromatic rings. The van der Waals surface area contributed by atoms with Gasteiger partial charge in [-0.2, -0.15) is 0 Å². The highest BCUT2D eigenvalue weighted by molar-refractivity contribution is 14.0. The zero-order valence-electron chi connectivity index (χ0n) is 14.5. The zero-order valence-corrected chi connectivity index (χ0v) is 17.6. The molecule has 1 aliphatic rings. The molecular weight excluding hydrogens is 441 g/mol. The van der Waals surface area contributed by atoms with E-state index in [1.165, 1.54) is 0 Å². The fraction of sp³-hybridized carbons (Fsp3) is 0.588. The predicted octanol–water partition coefficient (Wildman–Crippen LogP) is 3.05. The Bertz CT molecular complexity index is 543. The number of likely N-dealkylation sites (tertiary alicyclic amines) is 1. The van der Waals surface area contributed by atoms with Crippen molar-refractivity contribution in [1.29, 1.82) is 0 Å². The first kappa shape index (κ1) is 21.3. The van der Waals surface area contributed by atoms with Crippen molar-refractivity contribution in [2.75, 3.05) is 47.5 Å². The van der Waals surface area contributed by atoms with Gasteiger partial charge in [0.15, 0.2) is 5.96 Å². The molecule has 1 atom stereocenters. The monoisotopic (exact) mass is 467 g/mol. The third kappa shape index (κ3) is 5.97. The first-order valence-corrected chi connectivity index (χ1v) is 8.32. The molecule has 7 heteroatoms. The molecule has 0 aromatic heterocycles. The lowest BCUT2D eigenvalue weighted by atomic mass is 10.1. The highest BCUT2D eigenvalue weighted by Gasteiger charge is 2.24. The number of rotatable bonds is 6. The van der Waals surface area contributed by atoms with Gasteiger partial charge < -0.3 is 19.7 Å². The Morgan fingerprint density at radius 1 is 1.42 bits per heavy atom. The van der Waals surface area contributed by atoms with Gasteiger partial charge in [0.1, 0.15) is 5.75 Å². The smallest absolute Gasteiger partial charge is 0.193 e. The summed E-state index contributed by atoms with van der Waals surface area (Å²) in [6, 6.07) is 5.80. The normalized spacial score (nSPS) is 17.6. The van der Waals surface area contributed by atoms with E-state index in [1.54, 1.807) is 14.2 Å². The van der Waals surface area contributed by atoms with E-state index >= 15 is 0 Å². The van der Waals surface area contributed by atoms with Crippen LogP contribution in [0.2, 0.25) is 5.02 Å². The van der Waals surface area contributed by atoms with Crippen LogP contribution in [0, 0.1) is 5.92 Å². The van der Waals surface area contributed by atoms with Crippen LogP contribution in [-0.4, -0.2) is 58.4 Å². The molecule has 0 aliphatic carbocycles. The van der Waals surface area contributed by atoms with E-state index < -0.39 is 0 Å². The van der Waals surface area contributed by atoms with Gasteiger partial charge in [0.2, 0.25) is 0 Å². The van der Waals surface area contributed by atoms with Crippen molar-refractivity contribution in [3.8, 4) is 5.75 Å². The van der Waals surface area contributed by atoms with Crippen LogP contribution >= 0.6 is 35.6 Å². The number of hydrogen-bond acceptors (Lipinski definition) is 3. The molecule has 0 saturated carbocycles. The lowest BCUT2D eigenvalue weighted by Crippen LogP contribution is -2.41. The van der Waals surface area contributed by atoms with Crippen LogP contribution in [0.4, 0.5) is 0 Å². The van der Waals surface area contributed by atoms with Crippen LogP contribution in [0.25, 0.3) is 0 Å². The third-order valence-electron chi connectivity index (χ3n) is 4.14. The van der Waals surface area contributed by atoms with Gasteiger partial charge in [0.25, 0.3) is 0 Å². The lowest BCUT2D eigenvalue weighted by Gasteiger charge is -2.21. The standard InChI is InChI=1S/C17H26ClN3O2.HI/c1-19-17(21-9-7-13(11-21)12-22-2)20-8-6-14-4-5-15(23-3)10-16(14)18;/h4-5,10,13H,6-9,11-12H2,1-3H3,(H,19,20);1H. The van der Waals surface area contributed by atoms with Crippen LogP contribution in [0.1, 0.15) is 12.0 Å². The quantitative estimate of drug-likeness (QED) is 0.397. The average Bonchev–Trinajstić information content (AvgIpc) is 3.01. The molecule has 0 radical (unpaired) electrons. The Labute approximate surface area is 166 Å². The summed E-state index contributed by atoms with van der Waals surface area (Å²) < 4.78 is 10.4. The van der Waals surface area contributed by atoms with E-state index in [1.807, 2.05) is 25.2 Å². The van der Waals surface area contributed by atoms with Crippen molar-refractivity contribution in [2.45, 2.75) is 12.8 Å². The second-order valence-corrected chi connectivity index (χ2v) is 6.14. The molecule has 1 fully saturated rings. The summed E-state index contributed by atoms with van der Waals surface area (Å²) in [5, 5.41) is 4.16. The third-order valence-corrected chi connectivity index (χ3v) is 4.49. The van der Waals surface area contributed by atoms with E-state index in [0.717, 1.165) is 61.4 Å². The molecule has 1 saturated heterocycles. The molecule has 1 aliphatic heterocycles. The summed E-state index contributed by atoms with van der Waals surface area (Å²) in [5.74, 6) is 2.33. The van der Waals surface area contributed by atoms with E-state index in [9.17, 15) is 0 Å². The van der Waals surface area contributed by atoms with Crippen molar-refractivity contribution in [3.63, 3.8) is 0 Å². The van der Waals surface area contributed by atoms with E-state index in [2.05, 4.69) is 15.2 Å². The maximum atomic E-state index is 6.28. The topological polar surface area (TPSA) is 46.1 Å². The Hall–Kier alpha value is -0.730. The van der Waals surface area contributed by atoms with E-state index in [-0.39, 0.29) is 24.0 Å². The Morgan fingerprint density at radius 2 is 2.21 bits per heavy atom. The maximum absolute atomic E-state index is 6.28. The molecule has 2 rings (SSSR count). The second-order valence-electron chi connectivity index (χ2n) is 5.74. The zero-order chi connectivity index (χ0) is 16.7. The summed E-state index contributed by atoms with van der Waals surface area (Å²) in [6.45, 7) is 3.63. The molecule has 1 heterocycles. The van der Waals surface area contributed by atoms with Crippen LogP contribution < -0.4 is 10.1 Å². The molecule has 0 spiro atoms. The number of ether oxygens (including phenoxy) is 2. The van der Waals surface area contributed by atoms with Gasteiger partial charge in [-0.25, -0.2) is 0 Å². The Balaban J connectivity index is 0.00000288. The average molecular weight is 468 g/mol. The molecule has 1 aromatic carbocycles. The van der Waals surface area contributed by atoms with Gasteiger partial charge in [-0.3, -0.25) is 4.99 Å². The fourth-order valence-electron chi connectivity index (χ4n) is 2.90. The highest BCUT2D eigenvalue weighted by atomic mass is 127. The van der Waals surface area contributed by atoms with Gasteiger partial charge in [-0.05, 0) is 30.5 Å². The van der Waals surface area contributed by atoms with Crippen LogP contribution in [0.15, 0.2) is 23.2 Å². The van der Waals surface area contributed by atoms with Crippen LogP contribution in [0.5, 0.6) is 5.75 Å². The highest BCUT2D eigenvalue weighted by Crippen LogP contribution is 2.22. The SMILES string of the molecule is CN=C(NCCc1ccc(OC)cc1Cl)N1CCC(COC)C1.I.